The van der Waals surface area contributed by atoms with Crippen LogP contribution in [0.15, 0.2) is 36.5 Å². The Labute approximate surface area is 104 Å². The number of nitrogen functional groups attached to an aromatic ring is 1. The van der Waals surface area contributed by atoms with E-state index in [9.17, 15) is 4.79 Å². The van der Waals surface area contributed by atoms with Crippen LogP contribution in [0, 0.1) is 6.92 Å². The van der Waals surface area contributed by atoms with Crippen LogP contribution in [-0.4, -0.2) is 10.5 Å². The number of rotatable bonds is 2. The molecule has 0 aliphatic rings. The number of aromatic nitrogens is 1. The molecule has 2 aromatic rings. The van der Waals surface area contributed by atoms with Gasteiger partial charge in [0.2, 0.25) is 0 Å². The highest BCUT2D eigenvalue weighted by molar-refractivity contribution is 6.30. The van der Waals surface area contributed by atoms with Gasteiger partial charge >= 0.3 is 0 Å². The minimum atomic E-state index is -0.339. The van der Waals surface area contributed by atoms with E-state index in [0.29, 0.717) is 10.7 Å². The van der Waals surface area contributed by atoms with Gasteiger partial charge in [-0.1, -0.05) is 17.7 Å². The standard InChI is InChI=1S/C12H12ClN3O/c1-8-4-5-9(13)7-11(8)16-6-2-3-10(16)12(17)15-14/h2-7H,14H2,1H3,(H,15,17). The third-order valence-electron chi connectivity index (χ3n) is 2.54. The highest BCUT2D eigenvalue weighted by atomic mass is 35.5. The molecule has 0 unspecified atom stereocenters. The molecule has 0 saturated heterocycles. The van der Waals surface area contributed by atoms with Gasteiger partial charge in [-0.05, 0) is 36.8 Å². The molecule has 17 heavy (non-hydrogen) atoms. The predicted octanol–water partition coefficient (Wildman–Crippen LogP) is 2.04. The normalized spacial score (nSPS) is 10.3. The summed E-state index contributed by atoms with van der Waals surface area (Å²) in [6, 6.07) is 9.01. The molecule has 5 heteroatoms. The second-order valence-corrected chi connectivity index (χ2v) is 4.10. The maximum Gasteiger partial charge on any atom is 0.282 e. The fourth-order valence-corrected chi connectivity index (χ4v) is 1.86. The smallest absolute Gasteiger partial charge is 0.282 e. The van der Waals surface area contributed by atoms with Gasteiger partial charge in [-0.2, -0.15) is 0 Å². The fraction of sp³-hybridized carbons (Fsp3) is 0.0833. The minimum Gasteiger partial charge on any atom is -0.312 e. The van der Waals surface area contributed by atoms with Gasteiger partial charge in [-0.25, -0.2) is 5.84 Å². The summed E-state index contributed by atoms with van der Waals surface area (Å²) in [5, 5.41) is 0.624. The summed E-state index contributed by atoms with van der Waals surface area (Å²) >= 11 is 5.96. The van der Waals surface area contributed by atoms with Crippen LogP contribution in [0.2, 0.25) is 5.02 Å². The summed E-state index contributed by atoms with van der Waals surface area (Å²) in [4.78, 5) is 11.6. The number of amides is 1. The van der Waals surface area contributed by atoms with Crippen molar-refractivity contribution in [2.24, 2.45) is 5.84 Å². The van der Waals surface area contributed by atoms with Gasteiger partial charge in [0.15, 0.2) is 0 Å². The van der Waals surface area contributed by atoms with Crippen molar-refractivity contribution >= 4 is 17.5 Å². The first-order valence-electron chi connectivity index (χ1n) is 5.08. The lowest BCUT2D eigenvalue weighted by atomic mass is 10.2. The van der Waals surface area contributed by atoms with E-state index in [1.807, 2.05) is 25.1 Å². The number of hydrazine groups is 1. The van der Waals surface area contributed by atoms with Crippen LogP contribution < -0.4 is 11.3 Å². The van der Waals surface area contributed by atoms with Crippen molar-refractivity contribution in [1.29, 1.82) is 0 Å². The van der Waals surface area contributed by atoms with E-state index in [2.05, 4.69) is 5.43 Å². The number of aryl methyl sites for hydroxylation is 1. The number of benzene rings is 1. The Morgan fingerprint density at radius 1 is 1.41 bits per heavy atom. The SMILES string of the molecule is Cc1ccc(Cl)cc1-n1cccc1C(=O)NN. The number of nitrogens with zero attached hydrogens (tertiary/aromatic N) is 1. The third-order valence-corrected chi connectivity index (χ3v) is 2.78. The molecule has 0 aliphatic carbocycles. The van der Waals surface area contributed by atoms with Crippen LogP contribution in [0.25, 0.3) is 5.69 Å². The highest BCUT2D eigenvalue weighted by Gasteiger charge is 2.12. The van der Waals surface area contributed by atoms with E-state index in [1.54, 1.807) is 22.9 Å². The average molecular weight is 250 g/mol. The van der Waals surface area contributed by atoms with E-state index in [-0.39, 0.29) is 5.91 Å². The molecule has 0 saturated carbocycles. The fourth-order valence-electron chi connectivity index (χ4n) is 1.69. The van der Waals surface area contributed by atoms with Crippen molar-refractivity contribution in [3.8, 4) is 5.69 Å². The Kier molecular flexibility index (Phi) is 3.17. The molecule has 4 nitrogen and oxygen atoms in total. The number of hydrogen-bond donors (Lipinski definition) is 2. The largest absolute Gasteiger partial charge is 0.312 e. The lowest BCUT2D eigenvalue weighted by molar-refractivity contribution is 0.0947. The first kappa shape index (κ1) is 11.7. The molecule has 88 valence electrons. The molecule has 0 radical (unpaired) electrons. The van der Waals surface area contributed by atoms with Crippen molar-refractivity contribution in [2.75, 3.05) is 0 Å². The van der Waals surface area contributed by atoms with Gasteiger partial charge in [0, 0.05) is 11.2 Å². The van der Waals surface area contributed by atoms with Crippen LogP contribution in [0.5, 0.6) is 0 Å². The van der Waals surface area contributed by atoms with Gasteiger partial charge < -0.3 is 4.57 Å². The Bertz CT molecular complexity index is 563. The first-order valence-corrected chi connectivity index (χ1v) is 5.46. The molecule has 0 fully saturated rings. The maximum absolute atomic E-state index is 11.6. The topological polar surface area (TPSA) is 60.0 Å². The molecule has 0 aliphatic heterocycles. The molecule has 3 N–H and O–H groups in total. The van der Waals surface area contributed by atoms with Crippen molar-refractivity contribution < 1.29 is 4.79 Å². The zero-order valence-electron chi connectivity index (χ0n) is 9.27. The van der Waals surface area contributed by atoms with Gasteiger partial charge in [0.25, 0.3) is 5.91 Å². The molecular weight excluding hydrogens is 238 g/mol. The molecule has 0 bridgehead atoms. The van der Waals surface area contributed by atoms with E-state index in [4.69, 9.17) is 17.4 Å². The van der Waals surface area contributed by atoms with Gasteiger partial charge in [0.1, 0.15) is 5.69 Å². The predicted molar refractivity (Wildman–Crippen MR) is 67.2 cm³/mol. The van der Waals surface area contributed by atoms with Crippen LogP contribution in [-0.2, 0) is 0 Å². The van der Waals surface area contributed by atoms with Crippen LogP contribution in [0.3, 0.4) is 0 Å². The third kappa shape index (κ3) is 2.18. The summed E-state index contributed by atoms with van der Waals surface area (Å²) in [6.45, 7) is 1.95. The molecule has 2 rings (SSSR count). The summed E-state index contributed by atoms with van der Waals surface area (Å²) in [5.41, 5.74) is 4.48. The number of nitrogens with two attached hydrogens (primary N) is 1. The van der Waals surface area contributed by atoms with Crippen LogP contribution in [0.1, 0.15) is 16.1 Å². The van der Waals surface area contributed by atoms with E-state index >= 15 is 0 Å². The molecule has 1 amide bonds. The van der Waals surface area contributed by atoms with Crippen molar-refractivity contribution in [3.05, 3.63) is 52.8 Å². The second kappa shape index (κ2) is 4.61. The Balaban J connectivity index is 2.57. The highest BCUT2D eigenvalue weighted by Crippen LogP contribution is 2.21. The minimum absolute atomic E-state index is 0.339. The Morgan fingerprint density at radius 3 is 2.88 bits per heavy atom. The number of carbonyl (C=O) groups is 1. The monoisotopic (exact) mass is 249 g/mol. The quantitative estimate of drug-likeness (QED) is 0.486. The number of nitrogens with one attached hydrogen (secondary N) is 1. The van der Waals surface area contributed by atoms with E-state index in [0.717, 1.165) is 11.3 Å². The Hall–Kier alpha value is -1.78. The Morgan fingerprint density at radius 2 is 2.18 bits per heavy atom. The summed E-state index contributed by atoms with van der Waals surface area (Å²) < 4.78 is 1.75. The summed E-state index contributed by atoms with van der Waals surface area (Å²) in [6.07, 6.45) is 1.79. The summed E-state index contributed by atoms with van der Waals surface area (Å²) in [7, 11) is 0. The van der Waals surface area contributed by atoms with Crippen LogP contribution in [0.4, 0.5) is 0 Å². The zero-order chi connectivity index (χ0) is 12.4. The van der Waals surface area contributed by atoms with Crippen molar-refractivity contribution in [1.82, 2.24) is 9.99 Å². The van der Waals surface area contributed by atoms with Crippen molar-refractivity contribution in [3.63, 3.8) is 0 Å². The lowest BCUT2D eigenvalue weighted by Crippen LogP contribution is -2.31. The van der Waals surface area contributed by atoms with Gasteiger partial charge in [-0.15, -0.1) is 0 Å². The molecule has 1 heterocycles. The number of carbonyl (C=O) groups excluding carboxylic acids is 1. The second-order valence-electron chi connectivity index (χ2n) is 3.67. The molecule has 1 aromatic carbocycles. The zero-order valence-corrected chi connectivity index (χ0v) is 10.0. The van der Waals surface area contributed by atoms with Crippen LogP contribution >= 0.6 is 11.6 Å². The lowest BCUT2D eigenvalue weighted by Gasteiger charge is -2.11. The molecule has 0 spiro atoms. The summed E-state index contributed by atoms with van der Waals surface area (Å²) in [5.74, 6) is 4.80. The average Bonchev–Trinajstić information content (AvgIpc) is 2.80. The first-order chi connectivity index (χ1) is 8.13. The molecular formula is C12H12ClN3O. The number of hydrogen-bond acceptors (Lipinski definition) is 2. The molecule has 1 aromatic heterocycles. The van der Waals surface area contributed by atoms with E-state index in [1.165, 1.54) is 0 Å². The van der Waals surface area contributed by atoms with Gasteiger partial charge in [-0.3, -0.25) is 10.2 Å². The maximum atomic E-state index is 11.6. The number of halogens is 1. The molecule has 0 atom stereocenters. The van der Waals surface area contributed by atoms with E-state index < -0.39 is 0 Å². The van der Waals surface area contributed by atoms with Gasteiger partial charge in [0.05, 0.1) is 5.69 Å². The van der Waals surface area contributed by atoms with Crippen molar-refractivity contribution in [2.45, 2.75) is 6.92 Å².